The molecule has 0 spiro atoms. The van der Waals surface area contributed by atoms with Crippen molar-refractivity contribution in [2.24, 2.45) is 0 Å². The van der Waals surface area contributed by atoms with E-state index >= 15 is 0 Å². The standard InChI is InChI=1S/C19H15F2N3O4/c1-27-18-8-12(20)3-4-14(18)16-9-13(22-10-23-16)5-11-6-15(21)19(28-2)17(7-11)24(25)26/h3-4,6-10H,5H2,1-2H3. The van der Waals surface area contributed by atoms with Gasteiger partial charge in [-0.1, -0.05) is 0 Å². The van der Waals surface area contributed by atoms with Crippen molar-refractivity contribution >= 4 is 5.69 Å². The summed E-state index contributed by atoms with van der Waals surface area (Å²) >= 11 is 0. The summed E-state index contributed by atoms with van der Waals surface area (Å²) in [6, 6.07) is 8.07. The van der Waals surface area contributed by atoms with Crippen LogP contribution in [0.1, 0.15) is 11.3 Å². The molecular formula is C19H15F2N3O4. The van der Waals surface area contributed by atoms with E-state index in [1.165, 1.54) is 37.7 Å². The summed E-state index contributed by atoms with van der Waals surface area (Å²) in [5.41, 5.74) is 1.41. The summed E-state index contributed by atoms with van der Waals surface area (Å²) in [4.78, 5) is 18.8. The molecule has 0 aliphatic heterocycles. The molecule has 0 unspecified atom stereocenters. The first-order valence-corrected chi connectivity index (χ1v) is 8.08. The number of nitrogens with zero attached hydrogens (tertiary/aromatic N) is 3. The number of nitro groups is 1. The fraction of sp³-hybridized carbons (Fsp3) is 0.158. The average molecular weight is 387 g/mol. The molecule has 9 heteroatoms. The van der Waals surface area contributed by atoms with Gasteiger partial charge in [-0.2, -0.15) is 0 Å². The molecule has 0 fully saturated rings. The van der Waals surface area contributed by atoms with Crippen LogP contribution in [0.15, 0.2) is 42.7 Å². The van der Waals surface area contributed by atoms with E-state index in [2.05, 4.69) is 9.97 Å². The molecule has 28 heavy (non-hydrogen) atoms. The van der Waals surface area contributed by atoms with Gasteiger partial charge in [0.25, 0.3) is 0 Å². The molecule has 0 amide bonds. The van der Waals surface area contributed by atoms with E-state index in [9.17, 15) is 18.9 Å². The quantitative estimate of drug-likeness (QED) is 0.470. The first-order chi connectivity index (χ1) is 13.4. The predicted molar refractivity (Wildman–Crippen MR) is 96.4 cm³/mol. The molecule has 0 saturated carbocycles. The zero-order chi connectivity index (χ0) is 20.3. The largest absolute Gasteiger partial charge is 0.496 e. The van der Waals surface area contributed by atoms with E-state index in [-0.39, 0.29) is 6.42 Å². The second-order valence-corrected chi connectivity index (χ2v) is 5.80. The lowest BCUT2D eigenvalue weighted by molar-refractivity contribution is -0.386. The second kappa shape index (κ2) is 7.95. The summed E-state index contributed by atoms with van der Waals surface area (Å²) in [5.74, 6) is -1.40. The van der Waals surface area contributed by atoms with Gasteiger partial charge in [0.05, 0.1) is 24.8 Å². The third-order valence-electron chi connectivity index (χ3n) is 4.03. The van der Waals surface area contributed by atoms with Crippen molar-refractivity contribution in [3.63, 3.8) is 0 Å². The summed E-state index contributed by atoms with van der Waals surface area (Å²) in [5, 5.41) is 11.2. The van der Waals surface area contributed by atoms with Crippen molar-refractivity contribution in [2.75, 3.05) is 14.2 Å². The van der Waals surface area contributed by atoms with Gasteiger partial charge in [-0.15, -0.1) is 0 Å². The van der Waals surface area contributed by atoms with Gasteiger partial charge < -0.3 is 9.47 Å². The molecule has 0 bridgehead atoms. The van der Waals surface area contributed by atoms with Crippen molar-refractivity contribution < 1.29 is 23.2 Å². The Morgan fingerprint density at radius 3 is 2.54 bits per heavy atom. The predicted octanol–water partition coefficient (Wildman–Crippen LogP) is 3.94. The minimum absolute atomic E-state index is 0.126. The molecule has 0 atom stereocenters. The number of hydrogen-bond acceptors (Lipinski definition) is 6. The lowest BCUT2D eigenvalue weighted by atomic mass is 10.1. The van der Waals surface area contributed by atoms with Crippen LogP contribution in [0.2, 0.25) is 0 Å². The van der Waals surface area contributed by atoms with Crippen molar-refractivity contribution in [3.8, 4) is 22.8 Å². The van der Waals surface area contributed by atoms with Crippen LogP contribution in [0.4, 0.5) is 14.5 Å². The van der Waals surface area contributed by atoms with Crippen LogP contribution in [-0.2, 0) is 6.42 Å². The van der Waals surface area contributed by atoms with Crippen LogP contribution < -0.4 is 9.47 Å². The molecule has 0 radical (unpaired) electrons. The topological polar surface area (TPSA) is 87.4 Å². The Bertz CT molecular complexity index is 1040. The Morgan fingerprint density at radius 1 is 1.07 bits per heavy atom. The molecule has 144 valence electrons. The molecule has 3 rings (SSSR count). The summed E-state index contributed by atoms with van der Waals surface area (Å²) in [7, 11) is 2.58. The first kappa shape index (κ1) is 19.2. The maximum Gasteiger partial charge on any atom is 0.314 e. The van der Waals surface area contributed by atoms with E-state index in [1.54, 1.807) is 6.07 Å². The molecule has 0 N–H and O–H groups in total. The van der Waals surface area contributed by atoms with Gasteiger partial charge in [0.2, 0.25) is 5.75 Å². The van der Waals surface area contributed by atoms with Gasteiger partial charge in [0.1, 0.15) is 17.9 Å². The summed E-state index contributed by atoms with van der Waals surface area (Å²) < 4.78 is 37.5. The van der Waals surface area contributed by atoms with Crippen LogP contribution in [0, 0.1) is 21.7 Å². The number of hydrogen-bond donors (Lipinski definition) is 0. The second-order valence-electron chi connectivity index (χ2n) is 5.80. The lowest BCUT2D eigenvalue weighted by Gasteiger charge is -2.10. The van der Waals surface area contributed by atoms with E-state index in [4.69, 9.17) is 9.47 Å². The van der Waals surface area contributed by atoms with Crippen LogP contribution in [0.3, 0.4) is 0 Å². The maximum absolute atomic E-state index is 14.1. The smallest absolute Gasteiger partial charge is 0.314 e. The van der Waals surface area contributed by atoms with E-state index in [0.29, 0.717) is 28.3 Å². The monoisotopic (exact) mass is 387 g/mol. The zero-order valence-corrected chi connectivity index (χ0v) is 15.0. The molecule has 3 aromatic rings. The molecule has 1 heterocycles. The van der Waals surface area contributed by atoms with Gasteiger partial charge in [-0.3, -0.25) is 10.1 Å². The lowest BCUT2D eigenvalue weighted by Crippen LogP contribution is -2.01. The fourth-order valence-corrected chi connectivity index (χ4v) is 2.80. The highest BCUT2D eigenvalue weighted by Crippen LogP contribution is 2.33. The average Bonchev–Trinajstić information content (AvgIpc) is 2.67. The van der Waals surface area contributed by atoms with Gasteiger partial charge in [0, 0.05) is 29.8 Å². The molecule has 0 aliphatic rings. The molecule has 0 saturated heterocycles. The van der Waals surface area contributed by atoms with Crippen molar-refractivity contribution in [1.82, 2.24) is 9.97 Å². The number of halogens is 2. The normalized spacial score (nSPS) is 10.6. The van der Waals surface area contributed by atoms with Gasteiger partial charge >= 0.3 is 5.69 Å². The number of nitro benzene ring substituents is 1. The maximum atomic E-state index is 14.1. The number of rotatable bonds is 6. The van der Waals surface area contributed by atoms with Gasteiger partial charge in [-0.25, -0.2) is 18.7 Å². The van der Waals surface area contributed by atoms with Gasteiger partial charge in [0.15, 0.2) is 5.82 Å². The Kier molecular flexibility index (Phi) is 5.44. The van der Waals surface area contributed by atoms with Gasteiger partial charge in [-0.05, 0) is 29.8 Å². The van der Waals surface area contributed by atoms with Crippen LogP contribution in [0.5, 0.6) is 11.5 Å². The van der Waals surface area contributed by atoms with Crippen molar-refractivity contribution in [2.45, 2.75) is 6.42 Å². The minimum Gasteiger partial charge on any atom is -0.496 e. The highest BCUT2D eigenvalue weighted by atomic mass is 19.1. The van der Waals surface area contributed by atoms with Crippen LogP contribution >= 0.6 is 0 Å². The van der Waals surface area contributed by atoms with E-state index in [1.807, 2.05) is 0 Å². The Balaban J connectivity index is 1.97. The summed E-state index contributed by atoms with van der Waals surface area (Å²) in [6.07, 6.45) is 1.43. The molecular weight excluding hydrogens is 372 g/mol. The van der Waals surface area contributed by atoms with Crippen LogP contribution in [-0.4, -0.2) is 29.1 Å². The van der Waals surface area contributed by atoms with E-state index in [0.717, 1.165) is 13.2 Å². The highest BCUT2D eigenvalue weighted by molar-refractivity contribution is 5.67. The number of ether oxygens (including phenoxy) is 2. The Morgan fingerprint density at radius 2 is 1.86 bits per heavy atom. The third kappa shape index (κ3) is 3.88. The molecule has 7 nitrogen and oxygen atoms in total. The van der Waals surface area contributed by atoms with Crippen LogP contribution in [0.25, 0.3) is 11.3 Å². The SMILES string of the molecule is COc1cc(F)ccc1-c1cc(Cc2cc(F)c(OC)c([N+](=O)[O-])c2)ncn1. The Hall–Kier alpha value is -3.62. The number of methoxy groups -OCH3 is 2. The zero-order valence-electron chi connectivity index (χ0n) is 15.0. The third-order valence-corrected chi connectivity index (χ3v) is 4.03. The molecule has 1 aromatic heterocycles. The Labute approximate surface area is 158 Å². The first-order valence-electron chi connectivity index (χ1n) is 8.08. The molecule has 0 aliphatic carbocycles. The fourth-order valence-electron chi connectivity index (χ4n) is 2.80. The van der Waals surface area contributed by atoms with Crippen molar-refractivity contribution in [1.29, 1.82) is 0 Å². The molecule has 2 aromatic carbocycles. The number of aromatic nitrogens is 2. The minimum atomic E-state index is -0.832. The van der Waals surface area contributed by atoms with Crippen molar-refractivity contribution in [3.05, 3.63) is 75.7 Å². The highest BCUT2D eigenvalue weighted by Gasteiger charge is 2.21. The van der Waals surface area contributed by atoms with E-state index < -0.39 is 28.0 Å². The number of benzene rings is 2. The summed E-state index contributed by atoms with van der Waals surface area (Å²) in [6.45, 7) is 0.